The molecule has 2 heteroatoms. The third kappa shape index (κ3) is 2.76. The summed E-state index contributed by atoms with van der Waals surface area (Å²) in [4.78, 5) is 0. The standard InChI is InChI=1S/C14H14N2/c1-2-12-8-10-14(11-9-12)16-15-13-6-4-3-5-7-13/h3-11H,2H2,1H3. The summed E-state index contributed by atoms with van der Waals surface area (Å²) in [6.07, 6.45) is 1.05. The molecule has 0 bridgehead atoms. The lowest BCUT2D eigenvalue weighted by Crippen LogP contribution is -1.75. The van der Waals surface area contributed by atoms with E-state index in [2.05, 4.69) is 29.3 Å². The van der Waals surface area contributed by atoms with E-state index in [1.807, 2.05) is 42.5 Å². The van der Waals surface area contributed by atoms with Gasteiger partial charge >= 0.3 is 0 Å². The van der Waals surface area contributed by atoms with Crippen LogP contribution in [0.25, 0.3) is 0 Å². The zero-order valence-electron chi connectivity index (χ0n) is 9.30. The fraction of sp³-hybridized carbons (Fsp3) is 0.143. The first-order valence-electron chi connectivity index (χ1n) is 5.44. The molecule has 0 atom stereocenters. The van der Waals surface area contributed by atoms with Crippen molar-refractivity contribution in [1.29, 1.82) is 0 Å². The molecular formula is C14H14N2. The Morgan fingerprint density at radius 1 is 0.750 bits per heavy atom. The van der Waals surface area contributed by atoms with Crippen LogP contribution in [-0.4, -0.2) is 0 Å². The van der Waals surface area contributed by atoms with Gasteiger partial charge in [0.15, 0.2) is 0 Å². The van der Waals surface area contributed by atoms with Gasteiger partial charge in [-0.15, -0.1) is 0 Å². The van der Waals surface area contributed by atoms with E-state index in [0.717, 1.165) is 17.8 Å². The highest BCUT2D eigenvalue weighted by Crippen LogP contribution is 2.18. The first kappa shape index (κ1) is 10.6. The molecule has 2 aromatic rings. The Bertz CT molecular complexity index is 458. The lowest BCUT2D eigenvalue weighted by Gasteiger charge is -1.96. The van der Waals surface area contributed by atoms with Gasteiger partial charge in [-0.3, -0.25) is 0 Å². The van der Waals surface area contributed by atoms with Gasteiger partial charge in [-0.1, -0.05) is 37.3 Å². The number of hydrogen-bond donors (Lipinski definition) is 0. The summed E-state index contributed by atoms with van der Waals surface area (Å²) >= 11 is 0. The predicted octanol–water partition coefficient (Wildman–Crippen LogP) is 4.66. The fourth-order valence-electron chi connectivity index (χ4n) is 1.41. The monoisotopic (exact) mass is 210 g/mol. The number of benzene rings is 2. The highest BCUT2D eigenvalue weighted by molar-refractivity contribution is 5.40. The van der Waals surface area contributed by atoms with E-state index in [9.17, 15) is 0 Å². The maximum atomic E-state index is 4.18. The number of hydrogen-bond acceptors (Lipinski definition) is 2. The van der Waals surface area contributed by atoms with E-state index >= 15 is 0 Å². The molecule has 0 amide bonds. The van der Waals surface area contributed by atoms with Gasteiger partial charge < -0.3 is 0 Å². The van der Waals surface area contributed by atoms with Crippen LogP contribution in [0.2, 0.25) is 0 Å². The van der Waals surface area contributed by atoms with Crippen molar-refractivity contribution >= 4 is 11.4 Å². The van der Waals surface area contributed by atoms with Gasteiger partial charge in [-0.05, 0) is 36.2 Å². The van der Waals surface area contributed by atoms with Gasteiger partial charge in [0.25, 0.3) is 0 Å². The summed E-state index contributed by atoms with van der Waals surface area (Å²) in [7, 11) is 0. The molecule has 0 radical (unpaired) electrons. The highest BCUT2D eigenvalue weighted by Gasteiger charge is 1.91. The van der Waals surface area contributed by atoms with Crippen LogP contribution >= 0.6 is 0 Å². The summed E-state index contributed by atoms with van der Waals surface area (Å²) in [6, 6.07) is 17.9. The van der Waals surface area contributed by atoms with Crippen LogP contribution in [0.3, 0.4) is 0 Å². The van der Waals surface area contributed by atoms with Crippen LogP contribution in [0.5, 0.6) is 0 Å². The first-order chi connectivity index (χ1) is 7.88. The highest BCUT2D eigenvalue weighted by atomic mass is 15.1. The molecule has 0 saturated heterocycles. The Hall–Kier alpha value is -1.96. The summed E-state index contributed by atoms with van der Waals surface area (Å²) in [6.45, 7) is 2.14. The minimum Gasteiger partial charge on any atom is -0.151 e. The molecule has 2 nitrogen and oxygen atoms in total. The SMILES string of the molecule is CCc1ccc(N=Nc2ccccc2)cc1. The van der Waals surface area contributed by atoms with E-state index in [1.165, 1.54) is 5.56 Å². The average molecular weight is 210 g/mol. The molecule has 0 saturated carbocycles. The molecule has 16 heavy (non-hydrogen) atoms. The zero-order chi connectivity index (χ0) is 11.2. The minimum absolute atomic E-state index is 0.877. The van der Waals surface area contributed by atoms with Gasteiger partial charge in [-0.2, -0.15) is 10.2 Å². The molecule has 0 aliphatic carbocycles. The second-order valence-corrected chi connectivity index (χ2v) is 3.56. The Morgan fingerprint density at radius 2 is 1.31 bits per heavy atom. The van der Waals surface area contributed by atoms with Crippen LogP contribution in [0.4, 0.5) is 11.4 Å². The van der Waals surface area contributed by atoms with Crippen LogP contribution in [0.1, 0.15) is 12.5 Å². The molecular weight excluding hydrogens is 196 g/mol. The average Bonchev–Trinajstić information content (AvgIpc) is 2.38. The van der Waals surface area contributed by atoms with Gasteiger partial charge in [0.1, 0.15) is 0 Å². The molecule has 2 aromatic carbocycles. The van der Waals surface area contributed by atoms with Gasteiger partial charge in [0, 0.05) is 0 Å². The molecule has 0 aromatic heterocycles. The van der Waals surface area contributed by atoms with Crippen molar-refractivity contribution in [3.63, 3.8) is 0 Å². The van der Waals surface area contributed by atoms with Crippen molar-refractivity contribution in [2.24, 2.45) is 10.2 Å². The number of azo groups is 1. The van der Waals surface area contributed by atoms with E-state index in [4.69, 9.17) is 0 Å². The van der Waals surface area contributed by atoms with Crippen molar-refractivity contribution < 1.29 is 0 Å². The predicted molar refractivity (Wildman–Crippen MR) is 66.4 cm³/mol. The van der Waals surface area contributed by atoms with Crippen molar-refractivity contribution in [2.45, 2.75) is 13.3 Å². The molecule has 0 aliphatic rings. The van der Waals surface area contributed by atoms with Gasteiger partial charge in [-0.25, -0.2) is 0 Å². The lowest BCUT2D eigenvalue weighted by atomic mass is 10.2. The van der Waals surface area contributed by atoms with Crippen LogP contribution in [0, 0.1) is 0 Å². The van der Waals surface area contributed by atoms with Crippen molar-refractivity contribution in [1.82, 2.24) is 0 Å². The van der Waals surface area contributed by atoms with E-state index in [-0.39, 0.29) is 0 Å². The van der Waals surface area contributed by atoms with Crippen molar-refractivity contribution in [3.05, 3.63) is 60.2 Å². The quantitative estimate of drug-likeness (QED) is 0.658. The summed E-state index contributed by atoms with van der Waals surface area (Å²) in [5.74, 6) is 0. The molecule has 0 heterocycles. The van der Waals surface area contributed by atoms with Gasteiger partial charge in [0.05, 0.1) is 11.4 Å². The van der Waals surface area contributed by atoms with Crippen LogP contribution in [0.15, 0.2) is 64.8 Å². The van der Waals surface area contributed by atoms with E-state index < -0.39 is 0 Å². The third-order valence-electron chi connectivity index (χ3n) is 2.38. The second-order valence-electron chi connectivity index (χ2n) is 3.56. The number of nitrogens with zero attached hydrogens (tertiary/aromatic N) is 2. The molecule has 0 spiro atoms. The zero-order valence-corrected chi connectivity index (χ0v) is 9.30. The Balaban J connectivity index is 2.12. The Kier molecular flexibility index (Phi) is 3.44. The smallest absolute Gasteiger partial charge is 0.0857 e. The topological polar surface area (TPSA) is 24.7 Å². The molecule has 0 fully saturated rings. The lowest BCUT2D eigenvalue weighted by molar-refractivity contribution is 1.13. The van der Waals surface area contributed by atoms with E-state index in [1.54, 1.807) is 0 Å². The molecule has 0 unspecified atom stereocenters. The van der Waals surface area contributed by atoms with Crippen LogP contribution in [-0.2, 0) is 6.42 Å². The Morgan fingerprint density at radius 3 is 1.88 bits per heavy atom. The number of rotatable bonds is 3. The first-order valence-corrected chi connectivity index (χ1v) is 5.44. The fourth-order valence-corrected chi connectivity index (χ4v) is 1.41. The maximum Gasteiger partial charge on any atom is 0.0857 e. The molecule has 2 rings (SSSR count). The second kappa shape index (κ2) is 5.21. The van der Waals surface area contributed by atoms with Crippen LogP contribution < -0.4 is 0 Å². The largest absolute Gasteiger partial charge is 0.151 e. The number of aryl methyl sites for hydroxylation is 1. The summed E-state index contributed by atoms with van der Waals surface area (Å²) < 4.78 is 0. The summed E-state index contributed by atoms with van der Waals surface area (Å²) in [5, 5.41) is 8.33. The summed E-state index contributed by atoms with van der Waals surface area (Å²) in [5.41, 5.74) is 3.08. The molecule has 0 N–H and O–H groups in total. The van der Waals surface area contributed by atoms with E-state index in [0.29, 0.717) is 0 Å². The van der Waals surface area contributed by atoms with Crippen molar-refractivity contribution in [3.8, 4) is 0 Å². The molecule has 80 valence electrons. The molecule has 0 aliphatic heterocycles. The maximum absolute atomic E-state index is 4.18. The van der Waals surface area contributed by atoms with Crippen molar-refractivity contribution in [2.75, 3.05) is 0 Å². The van der Waals surface area contributed by atoms with Gasteiger partial charge in [0.2, 0.25) is 0 Å². The normalized spacial score (nSPS) is 10.8. The minimum atomic E-state index is 0.877. The third-order valence-corrected chi connectivity index (χ3v) is 2.38. The Labute approximate surface area is 95.7 Å².